The molecule has 0 aliphatic carbocycles. The van der Waals surface area contributed by atoms with Gasteiger partial charge in [0.1, 0.15) is 11.8 Å². The maximum atomic E-state index is 12.2. The van der Waals surface area contributed by atoms with Crippen molar-refractivity contribution in [3.63, 3.8) is 0 Å². The topological polar surface area (TPSA) is 72.8 Å². The number of nitrogens with zero attached hydrogens (tertiary/aromatic N) is 2. The molecule has 0 aliphatic rings. The molecule has 0 radical (unpaired) electrons. The summed E-state index contributed by atoms with van der Waals surface area (Å²) < 4.78 is 11.8. The van der Waals surface area contributed by atoms with E-state index in [2.05, 4.69) is 45.8 Å². The van der Waals surface area contributed by atoms with Gasteiger partial charge in [-0.05, 0) is 65.2 Å². The maximum absolute atomic E-state index is 12.2. The molecular formula is C26H22ClN3O3. The number of hydrogen-bond donors (Lipinski definition) is 1. The highest BCUT2D eigenvalue weighted by Gasteiger charge is 2.10. The Kier molecular flexibility index (Phi) is 7.17. The molecule has 1 amide bonds. The fourth-order valence-electron chi connectivity index (χ4n) is 3.26. The van der Waals surface area contributed by atoms with E-state index in [1.165, 1.54) is 23.2 Å². The molecule has 0 saturated heterocycles. The third-order valence-electron chi connectivity index (χ3n) is 4.86. The van der Waals surface area contributed by atoms with Gasteiger partial charge in [-0.2, -0.15) is 5.10 Å². The summed E-state index contributed by atoms with van der Waals surface area (Å²) in [5.74, 6) is 0.793. The third kappa shape index (κ3) is 5.67. The number of ether oxygens (including phenoxy) is 2. The van der Waals surface area contributed by atoms with Crippen molar-refractivity contribution in [3.8, 4) is 11.5 Å². The number of fused-ring (bicyclic) bond motifs is 1. The molecule has 7 heteroatoms. The molecule has 166 valence electrons. The van der Waals surface area contributed by atoms with Crippen LogP contribution in [0.2, 0.25) is 5.15 Å². The number of pyridine rings is 1. The summed E-state index contributed by atoms with van der Waals surface area (Å²) in [5.41, 5.74) is 4.52. The van der Waals surface area contributed by atoms with Crippen molar-refractivity contribution >= 4 is 34.5 Å². The third-order valence-corrected chi connectivity index (χ3v) is 5.16. The fraction of sp³-hybridized carbons (Fsp3) is 0.115. The zero-order chi connectivity index (χ0) is 23.0. The average Bonchev–Trinajstić information content (AvgIpc) is 2.84. The number of carbonyl (C=O) groups excluding carboxylic acids is 1. The number of rotatable bonds is 8. The number of carbonyl (C=O) groups is 1. The summed E-state index contributed by atoms with van der Waals surface area (Å²) in [6.45, 7) is 2.81. The molecule has 1 aromatic heterocycles. The number of benzene rings is 3. The summed E-state index contributed by atoms with van der Waals surface area (Å²) in [4.78, 5) is 16.1. The van der Waals surface area contributed by atoms with Crippen LogP contribution in [-0.4, -0.2) is 23.7 Å². The number of nitrogens with one attached hydrogen (secondary N) is 1. The summed E-state index contributed by atoms with van der Waals surface area (Å²) in [7, 11) is 0. The first-order chi connectivity index (χ1) is 16.1. The molecule has 0 aliphatic heterocycles. The lowest BCUT2D eigenvalue weighted by Gasteiger charge is -2.13. The van der Waals surface area contributed by atoms with Gasteiger partial charge in [-0.3, -0.25) is 4.79 Å². The SMILES string of the molecule is CCOc1cc(C=NNC(=O)c2cccnc2Cl)ccc1OCc1ccc2ccccc2c1. The first kappa shape index (κ1) is 22.3. The molecular weight excluding hydrogens is 438 g/mol. The van der Waals surface area contributed by atoms with Crippen molar-refractivity contribution < 1.29 is 14.3 Å². The van der Waals surface area contributed by atoms with Crippen molar-refractivity contribution in [1.82, 2.24) is 10.4 Å². The predicted octanol–water partition coefficient (Wildman–Crippen LogP) is 5.63. The van der Waals surface area contributed by atoms with Crippen LogP contribution in [0.1, 0.15) is 28.4 Å². The van der Waals surface area contributed by atoms with E-state index in [0.29, 0.717) is 24.7 Å². The first-order valence-corrected chi connectivity index (χ1v) is 10.8. The lowest BCUT2D eigenvalue weighted by molar-refractivity contribution is 0.0955. The minimum atomic E-state index is -0.440. The Labute approximate surface area is 196 Å². The summed E-state index contributed by atoms with van der Waals surface area (Å²) >= 11 is 5.94. The highest BCUT2D eigenvalue weighted by atomic mass is 35.5. The monoisotopic (exact) mass is 459 g/mol. The normalized spacial score (nSPS) is 11.0. The molecule has 4 aromatic rings. The van der Waals surface area contributed by atoms with E-state index in [4.69, 9.17) is 21.1 Å². The second-order valence-electron chi connectivity index (χ2n) is 7.15. The minimum absolute atomic E-state index is 0.122. The van der Waals surface area contributed by atoms with Gasteiger partial charge in [-0.25, -0.2) is 10.4 Å². The molecule has 0 saturated carbocycles. The predicted molar refractivity (Wildman–Crippen MR) is 130 cm³/mol. The van der Waals surface area contributed by atoms with Crippen LogP contribution in [0, 0.1) is 0 Å². The zero-order valence-corrected chi connectivity index (χ0v) is 18.8. The van der Waals surface area contributed by atoms with Crippen LogP contribution in [0.15, 0.2) is 84.1 Å². The fourth-order valence-corrected chi connectivity index (χ4v) is 3.47. The number of halogens is 1. The van der Waals surface area contributed by atoms with Crippen LogP contribution >= 0.6 is 11.6 Å². The Hall–Kier alpha value is -3.90. The van der Waals surface area contributed by atoms with Gasteiger partial charge in [0.05, 0.1) is 18.4 Å². The van der Waals surface area contributed by atoms with E-state index < -0.39 is 5.91 Å². The molecule has 0 atom stereocenters. The maximum Gasteiger partial charge on any atom is 0.274 e. The van der Waals surface area contributed by atoms with E-state index >= 15 is 0 Å². The van der Waals surface area contributed by atoms with Crippen molar-refractivity contribution in [2.45, 2.75) is 13.5 Å². The smallest absolute Gasteiger partial charge is 0.274 e. The minimum Gasteiger partial charge on any atom is -0.490 e. The van der Waals surface area contributed by atoms with Crippen LogP contribution in [0.5, 0.6) is 11.5 Å². The quantitative estimate of drug-likeness (QED) is 0.210. The van der Waals surface area contributed by atoms with Gasteiger partial charge in [0.15, 0.2) is 11.5 Å². The number of hydrazone groups is 1. The Balaban J connectivity index is 1.43. The standard InChI is InChI=1S/C26H22ClN3O3/c1-2-32-24-15-18(16-29-30-26(31)22-8-5-13-28-25(22)27)10-12-23(24)33-17-19-9-11-20-6-3-4-7-21(20)14-19/h3-16H,2,17H2,1H3,(H,30,31). The van der Waals surface area contributed by atoms with E-state index in [9.17, 15) is 4.79 Å². The lowest BCUT2D eigenvalue weighted by Crippen LogP contribution is -2.18. The first-order valence-electron chi connectivity index (χ1n) is 10.5. The van der Waals surface area contributed by atoms with Crippen molar-refractivity contribution in [1.29, 1.82) is 0 Å². The molecule has 0 unspecified atom stereocenters. The average molecular weight is 460 g/mol. The van der Waals surface area contributed by atoms with Gasteiger partial charge < -0.3 is 9.47 Å². The van der Waals surface area contributed by atoms with Gasteiger partial charge in [0, 0.05) is 6.20 Å². The van der Waals surface area contributed by atoms with Gasteiger partial charge in [-0.15, -0.1) is 0 Å². The summed E-state index contributed by atoms with van der Waals surface area (Å²) in [5, 5.41) is 6.49. The summed E-state index contributed by atoms with van der Waals surface area (Å²) in [6, 6.07) is 23.2. The van der Waals surface area contributed by atoms with E-state index in [-0.39, 0.29) is 10.7 Å². The Morgan fingerprint density at radius 1 is 1.00 bits per heavy atom. The van der Waals surface area contributed by atoms with Crippen LogP contribution in [0.4, 0.5) is 0 Å². The molecule has 6 nitrogen and oxygen atoms in total. The van der Waals surface area contributed by atoms with Crippen molar-refractivity contribution in [3.05, 3.63) is 101 Å². The molecule has 1 heterocycles. The molecule has 3 aromatic carbocycles. The van der Waals surface area contributed by atoms with Crippen LogP contribution in [0.25, 0.3) is 10.8 Å². The number of hydrogen-bond acceptors (Lipinski definition) is 5. The van der Waals surface area contributed by atoms with E-state index in [0.717, 1.165) is 11.1 Å². The molecule has 1 N–H and O–H groups in total. The Morgan fingerprint density at radius 2 is 1.85 bits per heavy atom. The second kappa shape index (κ2) is 10.6. The van der Waals surface area contributed by atoms with Gasteiger partial charge >= 0.3 is 0 Å². The summed E-state index contributed by atoms with van der Waals surface area (Å²) in [6.07, 6.45) is 3.04. The van der Waals surface area contributed by atoms with Crippen LogP contribution in [0.3, 0.4) is 0 Å². The van der Waals surface area contributed by atoms with Crippen molar-refractivity contribution in [2.75, 3.05) is 6.61 Å². The van der Waals surface area contributed by atoms with Gasteiger partial charge in [0.25, 0.3) is 5.91 Å². The Morgan fingerprint density at radius 3 is 2.67 bits per heavy atom. The molecule has 33 heavy (non-hydrogen) atoms. The van der Waals surface area contributed by atoms with Crippen LogP contribution < -0.4 is 14.9 Å². The van der Waals surface area contributed by atoms with E-state index in [1.54, 1.807) is 12.1 Å². The van der Waals surface area contributed by atoms with Gasteiger partial charge in [0.2, 0.25) is 0 Å². The number of aromatic nitrogens is 1. The molecule has 0 bridgehead atoms. The number of amides is 1. The largest absolute Gasteiger partial charge is 0.490 e. The molecule has 0 spiro atoms. The van der Waals surface area contributed by atoms with Crippen molar-refractivity contribution in [2.24, 2.45) is 5.10 Å². The highest BCUT2D eigenvalue weighted by molar-refractivity contribution is 6.32. The molecule has 0 fully saturated rings. The molecule has 4 rings (SSSR count). The lowest BCUT2D eigenvalue weighted by atomic mass is 10.1. The highest BCUT2D eigenvalue weighted by Crippen LogP contribution is 2.29. The second-order valence-corrected chi connectivity index (χ2v) is 7.51. The Bertz CT molecular complexity index is 1310. The van der Waals surface area contributed by atoms with Gasteiger partial charge in [-0.1, -0.05) is 48.0 Å². The zero-order valence-electron chi connectivity index (χ0n) is 18.0. The van der Waals surface area contributed by atoms with Crippen LogP contribution in [-0.2, 0) is 6.61 Å². The van der Waals surface area contributed by atoms with E-state index in [1.807, 2.05) is 37.3 Å².